The zero-order valence-corrected chi connectivity index (χ0v) is 11.6. The lowest BCUT2D eigenvalue weighted by Gasteiger charge is -2.05. The average Bonchev–Trinajstić information content (AvgIpc) is 2.87. The number of hydrogen-bond acceptors (Lipinski definition) is 3. The highest BCUT2D eigenvalue weighted by molar-refractivity contribution is 5.97. The SMILES string of the molecule is Cc1ccc(-c2nc(C(=O)O)c3cccc(C(=O)O)n23)cc1. The van der Waals surface area contributed by atoms with Gasteiger partial charge >= 0.3 is 11.9 Å². The van der Waals surface area contributed by atoms with E-state index in [1.54, 1.807) is 18.2 Å². The van der Waals surface area contributed by atoms with Gasteiger partial charge in [0.15, 0.2) is 5.69 Å². The van der Waals surface area contributed by atoms with Gasteiger partial charge in [-0.25, -0.2) is 14.6 Å². The highest BCUT2D eigenvalue weighted by Gasteiger charge is 2.21. The van der Waals surface area contributed by atoms with Gasteiger partial charge in [-0.15, -0.1) is 0 Å². The Morgan fingerprint density at radius 1 is 1.00 bits per heavy atom. The summed E-state index contributed by atoms with van der Waals surface area (Å²) in [5.41, 5.74) is 1.75. The summed E-state index contributed by atoms with van der Waals surface area (Å²) >= 11 is 0. The second-order valence-electron chi connectivity index (χ2n) is 4.89. The third-order valence-electron chi connectivity index (χ3n) is 3.39. The van der Waals surface area contributed by atoms with Gasteiger partial charge in [0.1, 0.15) is 11.5 Å². The lowest BCUT2D eigenvalue weighted by molar-refractivity contribution is 0.0678. The van der Waals surface area contributed by atoms with Crippen LogP contribution in [0.25, 0.3) is 16.9 Å². The van der Waals surface area contributed by atoms with E-state index in [4.69, 9.17) is 0 Å². The Morgan fingerprint density at radius 2 is 1.68 bits per heavy atom. The van der Waals surface area contributed by atoms with Crippen molar-refractivity contribution in [3.63, 3.8) is 0 Å². The molecule has 2 heterocycles. The molecular weight excluding hydrogens is 284 g/mol. The van der Waals surface area contributed by atoms with Crippen molar-refractivity contribution in [3.05, 3.63) is 59.4 Å². The van der Waals surface area contributed by atoms with Gasteiger partial charge in [0.2, 0.25) is 0 Å². The molecule has 3 aromatic rings. The predicted molar refractivity (Wildman–Crippen MR) is 79.3 cm³/mol. The molecule has 0 amide bonds. The molecule has 1 aromatic carbocycles. The molecule has 2 aromatic heterocycles. The van der Waals surface area contributed by atoms with Gasteiger partial charge in [-0.1, -0.05) is 35.9 Å². The largest absolute Gasteiger partial charge is 0.477 e. The first kappa shape index (κ1) is 13.8. The van der Waals surface area contributed by atoms with Crippen LogP contribution in [0, 0.1) is 6.92 Å². The van der Waals surface area contributed by atoms with E-state index in [0.717, 1.165) is 5.56 Å². The molecule has 0 saturated heterocycles. The Balaban J connectivity index is 2.40. The molecule has 0 radical (unpaired) electrons. The molecule has 0 spiro atoms. The van der Waals surface area contributed by atoms with Gasteiger partial charge in [-0.05, 0) is 19.1 Å². The fourth-order valence-corrected chi connectivity index (χ4v) is 2.36. The molecule has 22 heavy (non-hydrogen) atoms. The second kappa shape index (κ2) is 5.00. The summed E-state index contributed by atoms with van der Waals surface area (Å²) in [5.74, 6) is -2.04. The highest BCUT2D eigenvalue weighted by Crippen LogP contribution is 2.25. The molecule has 0 aliphatic rings. The zero-order chi connectivity index (χ0) is 15.9. The Hall–Kier alpha value is -3.15. The molecule has 0 aliphatic heterocycles. The second-order valence-corrected chi connectivity index (χ2v) is 4.89. The summed E-state index contributed by atoms with van der Waals surface area (Å²) in [6, 6.07) is 11.8. The number of rotatable bonds is 3. The van der Waals surface area contributed by atoms with Gasteiger partial charge < -0.3 is 10.2 Å². The maximum Gasteiger partial charge on any atom is 0.356 e. The molecule has 6 nitrogen and oxygen atoms in total. The standard InChI is InChI=1S/C16H12N2O4/c1-9-5-7-10(8-6-9)14-17-13(16(21)22)11-3-2-4-12(15(19)20)18(11)14/h2-8H,1H3,(H,19,20)(H,21,22). The zero-order valence-electron chi connectivity index (χ0n) is 11.6. The number of carboxylic acid groups (broad SMARTS) is 2. The van der Waals surface area contributed by atoms with Gasteiger partial charge in [0, 0.05) is 5.56 Å². The molecule has 3 rings (SSSR count). The van der Waals surface area contributed by atoms with Crippen molar-refractivity contribution in [1.82, 2.24) is 9.38 Å². The lowest BCUT2D eigenvalue weighted by atomic mass is 10.1. The lowest BCUT2D eigenvalue weighted by Crippen LogP contribution is -2.06. The number of carbonyl (C=O) groups is 2. The van der Waals surface area contributed by atoms with Crippen LogP contribution in [0.4, 0.5) is 0 Å². The maximum atomic E-state index is 11.4. The molecule has 0 bridgehead atoms. The number of hydrogen-bond donors (Lipinski definition) is 2. The van der Waals surface area contributed by atoms with Gasteiger partial charge in [-0.3, -0.25) is 4.40 Å². The van der Waals surface area contributed by atoms with Gasteiger partial charge in [0.25, 0.3) is 0 Å². The van der Waals surface area contributed by atoms with Crippen LogP contribution in [0.2, 0.25) is 0 Å². The molecule has 0 aliphatic carbocycles. The van der Waals surface area contributed by atoms with Crippen LogP contribution in [-0.2, 0) is 0 Å². The fourth-order valence-electron chi connectivity index (χ4n) is 2.36. The Morgan fingerprint density at radius 3 is 2.27 bits per heavy atom. The fraction of sp³-hybridized carbons (Fsp3) is 0.0625. The van der Waals surface area contributed by atoms with Crippen LogP contribution in [0.3, 0.4) is 0 Å². The number of aromatic carboxylic acids is 2. The number of benzene rings is 1. The summed E-state index contributed by atoms with van der Waals surface area (Å²) < 4.78 is 1.36. The summed E-state index contributed by atoms with van der Waals surface area (Å²) in [6.45, 7) is 1.93. The average molecular weight is 296 g/mol. The van der Waals surface area contributed by atoms with Crippen molar-refractivity contribution in [3.8, 4) is 11.4 Å². The minimum Gasteiger partial charge on any atom is -0.477 e. The first-order valence-electron chi connectivity index (χ1n) is 6.54. The molecule has 6 heteroatoms. The van der Waals surface area contributed by atoms with Crippen molar-refractivity contribution < 1.29 is 19.8 Å². The molecule has 0 unspecified atom stereocenters. The van der Waals surface area contributed by atoms with Crippen LogP contribution >= 0.6 is 0 Å². The number of fused-ring (bicyclic) bond motifs is 1. The van der Waals surface area contributed by atoms with Crippen LogP contribution in [-0.4, -0.2) is 31.5 Å². The first-order valence-corrected chi connectivity index (χ1v) is 6.54. The number of nitrogens with zero attached hydrogens (tertiary/aromatic N) is 2. The predicted octanol–water partition coefficient (Wildman–Crippen LogP) is 2.71. The summed E-state index contributed by atoms with van der Waals surface area (Å²) in [5, 5.41) is 18.6. The van der Waals surface area contributed by atoms with Crippen molar-refractivity contribution in [2.75, 3.05) is 0 Å². The number of pyridine rings is 1. The minimum atomic E-state index is -1.20. The smallest absolute Gasteiger partial charge is 0.356 e. The molecule has 2 N–H and O–H groups in total. The summed E-state index contributed by atoms with van der Waals surface area (Å²) in [6.07, 6.45) is 0. The van der Waals surface area contributed by atoms with Crippen molar-refractivity contribution >= 4 is 17.5 Å². The van der Waals surface area contributed by atoms with Gasteiger partial charge in [-0.2, -0.15) is 0 Å². The minimum absolute atomic E-state index is 0.0342. The molecule has 110 valence electrons. The van der Waals surface area contributed by atoms with E-state index in [0.29, 0.717) is 11.4 Å². The van der Waals surface area contributed by atoms with Crippen molar-refractivity contribution in [2.24, 2.45) is 0 Å². The third-order valence-corrected chi connectivity index (χ3v) is 3.39. The van der Waals surface area contributed by atoms with Crippen LogP contribution in [0.1, 0.15) is 26.5 Å². The van der Waals surface area contributed by atoms with E-state index >= 15 is 0 Å². The van der Waals surface area contributed by atoms with E-state index in [1.807, 2.05) is 19.1 Å². The van der Waals surface area contributed by atoms with E-state index in [2.05, 4.69) is 4.98 Å². The normalized spacial score (nSPS) is 10.8. The van der Waals surface area contributed by atoms with Crippen LogP contribution in [0.5, 0.6) is 0 Å². The highest BCUT2D eigenvalue weighted by atomic mass is 16.4. The van der Waals surface area contributed by atoms with E-state index in [9.17, 15) is 19.8 Å². The number of aromatic nitrogens is 2. The topological polar surface area (TPSA) is 91.9 Å². The molecule has 0 fully saturated rings. The number of carboxylic acids is 2. The molecule has 0 saturated carbocycles. The van der Waals surface area contributed by atoms with E-state index in [1.165, 1.54) is 16.5 Å². The Labute approximate surface area is 125 Å². The van der Waals surface area contributed by atoms with Crippen LogP contribution < -0.4 is 0 Å². The van der Waals surface area contributed by atoms with Gasteiger partial charge in [0.05, 0.1) is 5.52 Å². The number of imidazole rings is 1. The van der Waals surface area contributed by atoms with E-state index in [-0.39, 0.29) is 16.9 Å². The Bertz CT molecular complexity index is 894. The summed E-state index contributed by atoms with van der Waals surface area (Å²) in [4.78, 5) is 26.9. The monoisotopic (exact) mass is 296 g/mol. The van der Waals surface area contributed by atoms with Crippen molar-refractivity contribution in [2.45, 2.75) is 6.92 Å². The number of aryl methyl sites for hydroxylation is 1. The first-order chi connectivity index (χ1) is 10.5. The summed E-state index contributed by atoms with van der Waals surface area (Å²) in [7, 11) is 0. The van der Waals surface area contributed by atoms with Crippen molar-refractivity contribution in [1.29, 1.82) is 0 Å². The quantitative estimate of drug-likeness (QED) is 0.775. The van der Waals surface area contributed by atoms with Crippen LogP contribution in [0.15, 0.2) is 42.5 Å². The third kappa shape index (κ3) is 2.10. The molecule has 0 atom stereocenters. The maximum absolute atomic E-state index is 11.4. The van der Waals surface area contributed by atoms with E-state index < -0.39 is 11.9 Å². The Kier molecular flexibility index (Phi) is 3.14. The molecular formula is C16H12N2O4.